The van der Waals surface area contributed by atoms with Gasteiger partial charge in [-0.3, -0.25) is 19.3 Å². The lowest BCUT2D eigenvalue weighted by Crippen LogP contribution is -2.40. The number of hydrogen-bond donors (Lipinski definition) is 1. The number of likely N-dealkylation sites (tertiary alicyclic amines) is 1. The van der Waals surface area contributed by atoms with Gasteiger partial charge in [0.2, 0.25) is 5.91 Å². The normalized spacial score (nSPS) is 21.1. The molecule has 0 radical (unpaired) electrons. The molecule has 3 heterocycles. The number of rotatable bonds is 4. The summed E-state index contributed by atoms with van der Waals surface area (Å²) in [6.45, 7) is 6.14. The maximum atomic E-state index is 13.0. The molecule has 1 saturated carbocycles. The van der Waals surface area contributed by atoms with Crippen LogP contribution in [-0.4, -0.2) is 51.1 Å². The van der Waals surface area contributed by atoms with E-state index >= 15 is 0 Å². The number of nitrogens with one attached hydrogen (secondary N) is 1. The Hall–Kier alpha value is -2.96. The lowest BCUT2D eigenvalue weighted by molar-refractivity contribution is -0.117. The van der Waals surface area contributed by atoms with Gasteiger partial charge >= 0.3 is 0 Å². The molecule has 2 fully saturated rings. The van der Waals surface area contributed by atoms with Crippen LogP contribution in [0.4, 0.5) is 0 Å². The van der Waals surface area contributed by atoms with E-state index in [1.54, 1.807) is 10.9 Å². The molecule has 2 aliphatic carbocycles. The van der Waals surface area contributed by atoms with Crippen LogP contribution < -0.4 is 5.32 Å². The van der Waals surface area contributed by atoms with Crippen molar-refractivity contribution in [1.29, 1.82) is 0 Å². The highest BCUT2D eigenvalue weighted by Crippen LogP contribution is 2.59. The molecular weight excluding hydrogens is 390 g/mol. The molecule has 2 aromatic heterocycles. The van der Waals surface area contributed by atoms with Gasteiger partial charge in [-0.1, -0.05) is 0 Å². The van der Waals surface area contributed by atoms with Crippen LogP contribution in [0, 0.1) is 25.2 Å². The third-order valence-corrected chi connectivity index (χ3v) is 7.59. The van der Waals surface area contributed by atoms with E-state index in [0.29, 0.717) is 17.8 Å². The van der Waals surface area contributed by atoms with Gasteiger partial charge in [0.05, 0.1) is 11.3 Å². The summed E-state index contributed by atoms with van der Waals surface area (Å²) in [5, 5.41) is 7.54. The van der Waals surface area contributed by atoms with E-state index < -0.39 is 0 Å². The van der Waals surface area contributed by atoms with Crippen molar-refractivity contribution in [3.8, 4) is 0 Å². The molecule has 1 N–H and O–H groups in total. The molecule has 1 saturated heterocycles. The van der Waals surface area contributed by atoms with E-state index in [-0.39, 0.29) is 11.8 Å². The van der Waals surface area contributed by atoms with Gasteiger partial charge < -0.3 is 10.2 Å². The van der Waals surface area contributed by atoms with Gasteiger partial charge in [-0.2, -0.15) is 5.10 Å². The van der Waals surface area contributed by atoms with E-state index in [9.17, 15) is 9.59 Å². The molecule has 1 spiro atoms. The Morgan fingerprint density at radius 2 is 2.03 bits per heavy atom. The van der Waals surface area contributed by atoms with Crippen LogP contribution >= 0.6 is 0 Å². The number of amides is 2. The Balaban J connectivity index is 1.13. The first-order valence-corrected chi connectivity index (χ1v) is 11.1. The first-order chi connectivity index (χ1) is 14.9. The zero-order valence-corrected chi connectivity index (χ0v) is 18.4. The highest BCUT2D eigenvalue weighted by atomic mass is 16.2. The molecule has 0 bridgehead atoms. The molecule has 2 aromatic rings. The number of aryl methyl sites for hydroxylation is 2. The van der Waals surface area contributed by atoms with Crippen LogP contribution in [0.25, 0.3) is 6.08 Å². The van der Waals surface area contributed by atoms with Gasteiger partial charge in [0, 0.05) is 56.8 Å². The molecule has 1 atom stereocenters. The number of fused-ring (bicyclic) bond motifs is 1. The Bertz CT molecular complexity index is 1090. The largest absolute Gasteiger partial charge is 0.352 e. The molecule has 5 rings (SSSR count). The van der Waals surface area contributed by atoms with Crippen LogP contribution in [0.2, 0.25) is 0 Å². The van der Waals surface area contributed by atoms with Crippen molar-refractivity contribution in [2.75, 3.05) is 19.6 Å². The molecule has 0 aromatic carbocycles. The lowest BCUT2D eigenvalue weighted by atomic mass is 9.90. The minimum Gasteiger partial charge on any atom is -0.352 e. The number of aromatic nitrogens is 3. The molecule has 1 unspecified atom stereocenters. The second-order valence-electron chi connectivity index (χ2n) is 9.36. The van der Waals surface area contributed by atoms with Crippen molar-refractivity contribution in [2.45, 2.75) is 39.5 Å². The summed E-state index contributed by atoms with van der Waals surface area (Å²) in [6.07, 6.45) is 9.39. The number of nitrogens with zero attached hydrogens (tertiary/aromatic N) is 4. The smallest absolute Gasteiger partial charge is 0.257 e. The first kappa shape index (κ1) is 20.0. The van der Waals surface area contributed by atoms with Gasteiger partial charge in [0.25, 0.3) is 5.91 Å². The van der Waals surface area contributed by atoms with Crippen LogP contribution in [0.1, 0.15) is 52.1 Å². The molecule has 31 heavy (non-hydrogen) atoms. The summed E-state index contributed by atoms with van der Waals surface area (Å²) < 4.78 is 1.78. The fourth-order valence-electron chi connectivity index (χ4n) is 5.37. The highest BCUT2D eigenvalue weighted by molar-refractivity contribution is 6.00. The maximum Gasteiger partial charge on any atom is 0.257 e. The van der Waals surface area contributed by atoms with Crippen molar-refractivity contribution >= 4 is 17.9 Å². The van der Waals surface area contributed by atoms with Crippen LogP contribution in [0.5, 0.6) is 0 Å². The average Bonchev–Trinajstić information content (AvgIpc) is 3.12. The lowest BCUT2D eigenvalue weighted by Gasteiger charge is -2.33. The number of carbonyl (C=O) groups excluding carboxylic acids is 2. The van der Waals surface area contributed by atoms with Crippen LogP contribution in [-0.2, 0) is 18.3 Å². The molecule has 7 heteroatoms. The summed E-state index contributed by atoms with van der Waals surface area (Å²) in [5.41, 5.74) is 5.80. The van der Waals surface area contributed by atoms with E-state index in [2.05, 4.69) is 15.4 Å². The van der Waals surface area contributed by atoms with E-state index in [4.69, 9.17) is 0 Å². The standard InChI is InChI=1S/C24H29N5O2/c1-15-21(16(2)28(3)27-15)23(31)29-8-5-24(6-9-29)12-20(24)14-26-22(30)18-10-17-4-7-25-13-19(17)11-18/h4,7,11,13,20H,5-6,8-10,12,14H2,1-3H3,(H,26,30). The van der Waals surface area contributed by atoms with Gasteiger partial charge in [0.1, 0.15) is 0 Å². The summed E-state index contributed by atoms with van der Waals surface area (Å²) >= 11 is 0. The van der Waals surface area contributed by atoms with E-state index in [1.165, 1.54) is 5.56 Å². The number of piperidine rings is 1. The van der Waals surface area contributed by atoms with Crippen LogP contribution in [0.3, 0.4) is 0 Å². The molecule has 2 amide bonds. The fourth-order valence-corrected chi connectivity index (χ4v) is 5.37. The Kier molecular flexibility index (Phi) is 4.72. The third kappa shape index (κ3) is 3.46. The molecule has 3 aliphatic rings. The second-order valence-corrected chi connectivity index (χ2v) is 9.36. The fraction of sp³-hybridized carbons (Fsp3) is 0.500. The Labute approximate surface area is 182 Å². The quantitative estimate of drug-likeness (QED) is 0.825. The van der Waals surface area contributed by atoms with Crippen molar-refractivity contribution in [3.05, 3.63) is 52.1 Å². The monoisotopic (exact) mass is 419 g/mol. The average molecular weight is 420 g/mol. The van der Waals surface area contributed by atoms with Gasteiger partial charge in [0.15, 0.2) is 0 Å². The predicted molar refractivity (Wildman–Crippen MR) is 117 cm³/mol. The summed E-state index contributed by atoms with van der Waals surface area (Å²) in [5.74, 6) is 0.653. The molecule has 1 aliphatic heterocycles. The summed E-state index contributed by atoms with van der Waals surface area (Å²) in [6, 6.07) is 1.98. The van der Waals surface area contributed by atoms with E-state index in [1.807, 2.05) is 44.1 Å². The van der Waals surface area contributed by atoms with Crippen LogP contribution in [0.15, 0.2) is 24.0 Å². The zero-order chi connectivity index (χ0) is 21.8. The molecule has 162 valence electrons. The second kappa shape index (κ2) is 7.32. The zero-order valence-electron chi connectivity index (χ0n) is 18.4. The Morgan fingerprint density at radius 3 is 2.71 bits per heavy atom. The number of hydrogen-bond acceptors (Lipinski definition) is 4. The predicted octanol–water partition coefficient (Wildman–Crippen LogP) is 2.43. The SMILES string of the molecule is Cc1nn(C)c(C)c1C(=O)N1CCC2(CC1)CC2CNC(=O)C1=Cc2cnccc2C1. The highest BCUT2D eigenvalue weighted by Gasteiger charge is 2.55. The van der Waals surface area contributed by atoms with Crippen molar-refractivity contribution in [2.24, 2.45) is 18.4 Å². The maximum absolute atomic E-state index is 13.0. The minimum absolute atomic E-state index is 0.0355. The van der Waals surface area contributed by atoms with Crippen molar-refractivity contribution in [3.63, 3.8) is 0 Å². The summed E-state index contributed by atoms with van der Waals surface area (Å²) in [7, 11) is 1.88. The first-order valence-electron chi connectivity index (χ1n) is 11.1. The number of carbonyl (C=O) groups is 2. The third-order valence-electron chi connectivity index (χ3n) is 7.59. The molecule has 7 nitrogen and oxygen atoms in total. The van der Waals surface area contributed by atoms with Gasteiger partial charge in [-0.15, -0.1) is 0 Å². The van der Waals surface area contributed by atoms with Crippen molar-refractivity contribution in [1.82, 2.24) is 25.0 Å². The Morgan fingerprint density at radius 1 is 1.26 bits per heavy atom. The van der Waals surface area contributed by atoms with Gasteiger partial charge in [-0.25, -0.2) is 0 Å². The van der Waals surface area contributed by atoms with E-state index in [0.717, 1.165) is 67.0 Å². The number of pyridine rings is 1. The summed E-state index contributed by atoms with van der Waals surface area (Å²) in [4.78, 5) is 31.8. The van der Waals surface area contributed by atoms with Crippen molar-refractivity contribution < 1.29 is 9.59 Å². The molecular formula is C24H29N5O2. The topological polar surface area (TPSA) is 80.1 Å². The van der Waals surface area contributed by atoms with Gasteiger partial charge in [-0.05, 0) is 67.7 Å². The minimum atomic E-state index is 0.0355.